The molecule has 0 saturated heterocycles. The number of benzene rings is 2. The van der Waals surface area contributed by atoms with Gasteiger partial charge in [0.25, 0.3) is 0 Å². The monoisotopic (exact) mass is 410 g/mol. The third kappa shape index (κ3) is 8.17. The summed E-state index contributed by atoms with van der Waals surface area (Å²) in [5.41, 5.74) is 10.2. The molecule has 30 heavy (non-hydrogen) atoms. The van der Waals surface area contributed by atoms with E-state index in [-0.39, 0.29) is 0 Å². The maximum Gasteiger partial charge on any atom is 0.147 e. The summed E-state index contributed by atoms with van der Waals surface area (Å²) in [6.45, 7) is 5.78. The molecule has 4 nitrogen and oxygen atoms in total. The number of unbranched alkanes of at least 4 members (excludes halogenated alkanes) is 8. The van der Waals surface area contributed by atoms with Crippen LogP contribution in [-0.2, 0) is 0 Å². The summed E-state index contributed by atoms with van der Waals surface area (Å²) in [5, 5.41) is 3.71. The second-order valence-electron chi connectivity index (χ2n) is 7.82. The second kappa shape index (κ2) is 14.6. The summed E-state index contributed by atoms with van der Waals surface area (Å²) in [4.78, 5) is 0. The van der Waals surface area contributed by atoms with Gasteiger partial charge in [0.1, 0.15) is 17.2 Å². The van der Waals surface area contributed by atoms with Gasteiger partial charge in [-0.3, -0.25) is 0 Å². The lowest BCUT2D eigenvalue weighted by atomic mass is 10.0. The standard InChI is InChI=1S/C26H38N2O2/c1-3-5-7-9-14-18-29-25-21-24(28-27)26(30-19-15-10-8-6-4-2)20-23(25)22-16-12-11-13-17-22/h11-13,16-17,20-21,27H,3-10,14-15,18-19H2,1-2H3. The van der Waals surface area contributed by atoms with Crippen molar-refractivity contribution >= 4 is 5.69 Å². The molecule has 0 aliphatic carbocycles. The Bertz CT molecular complexity index is 731. The summed E-state index contributed by atoms with van der Waals surface area (Å²) < 4.78 is 12.2. The predicted molar refractivity (Wildman–Crippen MR) is 125 cm³/mol. The number of hydrogen-bond donors (Lipinski definition) is 1. The van der Waals surface area contributed by atoms with Crippen LogP contribution in [0.15, 0.2) is 47.6 Å². The van der Waals surface area contributed by atoms with Gasteiger partial charge in [0, 0.05) is 11.6 Å². The lowest BCUT2D eigenvalue weighted by Gasteiger charge is -2.16. The van der Waals surface area contributed by atoms with Crippen LogP contribution in [-0.4, -0.2) is 13.2 Å². The summed E-state index contributed by atoms with van der Waals surface area (Å²) in [5.74, 6) is 1.44. The van der Waals surface area contributed by atoms with Gasteiger partial charge in [-0.2, -0.15) is 5.11 Å². The first-order valence-corrected chi connectivity index (χ1v) is 11.7. The molecule has 2 aromatic rings. The maximum absolute atomic E-state index is 7.61. The smallest absolute Gasteiger partial charge is 0.147 e. The molecule has 0 amide bonds. The molecule has 164 valence electrons. The highest BCUT2D eigenvalue weighted by atomic mass is 16.5. The summed E-state index contributed by atoms with van der Waals surface area (Å²) in [6.07, 6.45) is 12.0. The van der Waals surface area contributed by atoms with Gasteiger partial charge in [0.15, 0.2) is 0 Å². The Balaban J connectivity index is 2.10. The van der Waals surface area contributed by atoms with Crippen molar-refractivity contribution in [2.75, 3.05) is 13.2 Å². The highest BCUT2D eigenvalue weighted by Gasteiger charge is 2.14. The Morgan fingerprint density at radius 3 is 1.83 bits per heavy atom. The molecular weight excluding hydrogens is 372 g/mol. The topological polar surface area (TPSA) is 54.7 Å². The van der Waals surface area contributed by atoms with Gasteiger partial charge in [0.05, 0.1) is 13.2 Å². The van der Waals surface area contributed by atoms with E-state index < -0.39 is 0 Å². The lowest BCUT2D eigenvalue weighted by Crippen LogP contribution is -2.01. The van der Waals surface area contributed by atoms with Crippen LogP contribution >= 0.6 is 0 Å². The summed E-state index contributed by atoms with van der Waals surface area (Å²) in [6, 6.07) is 14.1. The van der Waals surface area contributed by atoms with Crippen LogP contribution < -0.4 is 9.47 Å². The zero-order chi connectivity index (χ0) is 21.4. The fraction of sp³-hybridized carbons (Fsp3) is 0.538. The van der Waals surface area contributed by atoms with Crippen molar-refractivity contribution in [1.82, 2.24) is 0 Å². The molecule has 0 heterocycles. The van der Waals surface area contributed by atoms with Crippen LogP contribution in [0.2, 0.25) is 0 Å². The minimum absolute atomic E-state index is 0.532. The molecule has 1 N–H and O–H groups in total. The predicted octanol–water partition coefficient (Wildman–Crippen LogP) is 8.71. The van der Waals surface area contributed by atoms with E-state index in [1.807, 2.05) is 30.3 Å². The van der Waals surface area contributed by atoms with Crippen molar-refractivity contribution < 1.29 is 9.47 Å². The highest BCUT2D eigenvalue weighted by Crippen LogP contribution is 2.40. The third-order valence-corrected chi connectivity index (χ3v) is 5.28. The van der Waals surface area contributed by atoms with E-state index in [4.69, 9.17) is 15.0 Å². The Morgan fingerprint density at radius 2 is 1.27 bits per heavy atom. The quantitative estimate of drug-likeness (QED) is 0.222. The molecule has 0 radical (unpaired) electrons. The van der Waals surface area contributed by atoms with Gasteiger partial charge in [-0.05, 0) is 24.5 Å². The molecule has 4 heteroatoms. The Labute approximate surface area is 182 Å². The van der Waals surface area contributed by atoms with Crippen LogP contribution in [0, 0.1) is 5.53 Å². The first-order chi connectivity index (χ1) is 14.8. The van der Waals surface area contributed by atoms with E-state index >= 15 is 0 Å². The van der Waals surface area contributed by atoms with Gasteiger partial charge in [0.2, 0.25) is 0 Å². The summed E-state index contributed by atoms with van der Waals surface area (Å²) in [7, 11) is 0. The number of hydrogen-bond acceptors (Lipinski definition) is 4. The lowest BCUT2D eigenvalue weighted by molar-refractivity contribution is 0.298. The molecule has 0 unspecified atom stereocenters. The van der Waals surface area contributed by atoms with E-state index in [1.165, 1.54) is 51.4 Å². The van der Waals surface area contributed by atoms with Crippen molar-refractivity contribution in [2.45, 2.75) is 78.1 Å². The van der Waals surface area contributed by atoms with Crippen molar-refractivity contribution in [3.05, 3.63) is 42.5 Å². The SMILES string of the molecule is CCCCCCCOc1cc(-c2ccccc2)c(OCCCCCCC)cc1N=N. The van der Waals surface area contributed by atoms with Crippen molar-refractivity contribution in [1.29, 1.82) is 5.53 Å². The minimum Gasteiger partial charge on any atom is -0.493 e. The van der Waals surface area contributed by atoms with E-state index in [0.717, 1.165) is 29.7 Å². The van der Waals surface area contributed by atoms with E-state index in [9.17, 15) is 0 Å². The first-order valence-electron chi connectivity index (χ1n) is 11.7. The van der Waals surface area contributed by atoms with Crippen molar-refractivity contribution in [3.63, 3.8) is 0 Å². The van der Waals surface area contributed by atoms with Gasteiger partial charge < -0.3 is 9.47 Å². The Kier molecular flexibility index (Phi) is 11.6. The Morgan fingerprint density at radius 1 is 0.700 bits per heavy atom. The number of nitrogens with zero attached hydrogens (tertiary/aromatic N) is 1. The fourth-order valence-electron chi connectivity index (χ4n) is 3.49. The van der Waals surface area contributed by atoms with Crippen LogP contribution in [0.25, 0.3) is 11.1 Å². The molecule has 2 rings (SSSR count). The fourth-order valence-corrected chi connectivity index (χ4v) is 3.49. The minimum atomic E-state index is 0.532. The van der Waals surface area contributed by atoms with Gasteiger partial charge in [-0.15, -0.1) is 0 Å². The zero-order valence-corrected chi connectivity index (χ0v) is 18.8. The Hall–Kier alpha value is -2.36. The van der Waals surface area contributed by atoms with Gasteiger partial charge in [-0.25, -0.2) is 5.53 Å². The second-order valence-corrected chi connectivity index (χ2v) is 7.82. The molecule has 0 aromatic heterocycles. The number of rotatable bonds is 16. The average molecular weight is 411 g/mol. The summed E-state index contributed by atoms with van der Waals surface area (Å²) >= 11 is 0. The molecule has 0 fully saturated rings. The molecule has 2 aromatic carbocycles. The first kappa shape index (κ1) is 23.9. The molecule has 0 saturated carbocycles. The number of ether oxygens (including phenoxy) is 2. The number of nitrogens with one attached hydrogen (secondary N) is 1. The molecule has 0 bridgehead atoms. The van der Waals surface area contributed by atoms with E-state index in [2.05, 4.69) is 31.1 Å². The molecule has 0 aliphatic heterocycles. The third-order valence-electron chi connectivity index (χ3n) is 5.28. The molecule has 0 spiro atoms. The normalized spacial score (nSPS) is 10.7. The molecular formula is C26H38N2O2. The largest absolute Gasteiger partial charge is 0.493 e. The maximum atomic E-state index is 7.61. The van der Waals surface area contributed by atoms with E-state index in [0.29, 0.717) is 24.7 Å². The highest BCUT2D eigenvalue weighted by molar-refractivity contribution is 5.76. The molecule has 0 aliphatic rings. The van der Waals surface area contributed by atoms with Crippen LogP contribution in [0.3, 0.4) is 0 Å². The van der Waals surface area contributed by atoms with Crippen LogP contribution in [0.4, 0.5) is 5.69 Å². The van der Waals surface area contributed by atoms with Gasteiger partial charge >= 0.3 is 0 Å². The zero-order valence-electron chi connectivity index (χ0n) is 18.8. The molecule has 0 atom stereocenters. The van der Waals surface area contributed by atoms with E-state index in [1.54, 1.807) is 0 Å². The van der Waals surface area contributed by atoms with Crippen molar-refractivity contribution in [2.24, 2.45) is 5.11 Å². The van der Waals surface area contributed by atoms with Crippen LogP contribution in [0.5, 0.6) is 11.5 Å². The average Bonchev–Trinajstić information content (AvgIpc) is 2.79. The van der Waals surface area contributed by atoms with Gasteiger partial charge in [-0.1, -0.05) is 95.5 Å². The van der Waals surface area contributed by atoms with Crippen molar-refractivity contribution in [3.8, 4) is 22.6 Å². The van der Waals surface area contributed by atoms with Crippen LogP contribution in [0.1, 0.15) is 78.1 Å².